The van der Waals surface area contributed by atoms with Crippen molar-refractivity contribution in [3.63, 3.8) is 0 Å². The molecule has 0 aliphatic heterocycles. The normalized spacial score (nSPS) is 14.7. The Kier molecular flexibility index (Phi) is 4.84. The van der Waals surface area contributed by atoms with E-state index in [0.29, 0.717) is 6.42 Å². The van der Waals surface area contributed by atoms with Crippen molar-refractivity contribution in [3.8, 4) is 23.7 Å². The van der Waals surface area contributed by atoms with Gasteiger partial charge in [0.05, 0.1) is 6.61 Å². The number of rotatable bonds is 1. The summed E-state index contributed by atoms with van der Waals surface area (Å²) in [6.45, 7) is 0.122. The van der Waals surface area contributed by atoms with Crippen molar-refractivity contribution in [1.29, 1.82) is 0 Å². The van der Waals surface area contributed by atoms with Crippen LogP contribution in [0, 0.1) is 23.7 Å². The van der Waals surface area contributed by atoms with Gasteiger partial charge in [-0.2, -0.15) is 0 Å². The quantitative estimate of drug-likeness (QED) is 0.602. The van der Waals surface area contributed by atoms with Gasteiger partial charge in [0.2, 0.25) is 0 Å². The molecular weight excluding hydrogens is 160 g/mol. The Labute approximate surface area is 79.9 Å². The number of hydrogen-bond donors (Lipinski definition) is 1. The number of hydrogen-bond acceptors (Lipinski definition) is 1. The molecule has 0 unspecified atom stereocenters. The summed E-state index contributed by atoms with van der Waals surface area (Å²) in [5.41, 5.74) is 1.23. The van der Waals surface area contributed by atoms with Gasteiger partial charge in [-0.15, -0.1) is 0 Å². The summed E-state index contributed by atoms with van der Waals surface area (Å²) in [7, 11) is 0. The first kappa shape index (κ1) is 9.90. The summed E-state index contributed by atoms with van der Waals surface area (Å²) >= 11 is 0. The fraction of sp³-hybridized carbons (Fsp3) is 0.500. The van der Waals surface area contributed by atoms with Gasteiger partial charge in [-0.25, -0.2) is 0 Å². The van der Waals surface area contributed by atoms with E-state index in [2.05, 4.69) is 29.8 Å². The van der Waals surface area contributed by atoms with Gasteiger partial charge in [0.15, 0.2) is 0 Å². The lowest BCUT2D eigenvalue weighted by atomic mass is 10.0. The Balaban J connectivity index is 2.38. The highest BCUT2D eigenvalue weighted by molar-refractivity contribution is 5.37. The molecule has 13 heavy (non-hydrogen) atoms. The van der Waals surface area contributed by atoms with Crippen LogP contribution >= 0.6 is 0 Å². The lowest BCUT2D eigenvalue weighted by Gasteiger charge is -2.04. The summed E-state index contributed by atoms with van der Waals surface area (Å²) in [4.78, 5) is 0. The lowest BCUT2D eigenvalue weighted by Crippen LogP contribution is -1.88. The lowest BCUT2D eigenvalue weighted by molar-refractivity contribution is 0.305. The standard InChI is InChI=1S/C12H14O/c13-11-7-2-1-4-8-12-9-5-3-6-10-12/h9,13H,3,5-7,10-11H2. The largest absolute Gasteiger partial charge is 0.395 e. The SMILES string of the molecule is OCCC#CC#CC1=CCCCC1. The molecule has 0 aromatic rings. The van der Waals surface area contributed by atoms with Crippen molar-refractivity contribution in [2.45, 2.75) is 32.1 Å². The molecule has 1 heteroatoms. The van der Waals surface area contributed by atoms with E-state index in [1.54, 1.807) is 0 Å². The van der Waals surface area contributed by atoms with E-state index >= 15 is 0 Å². The molecule has 1 aliphatic rings. The van der Waals surface area contributed by atoms with Gasteiger partial charge in [0.25, 0.3) is 0 Å². The van der Waals surface area contributed by atoms with E-state index in [9.17, 15) is 0 Å². The third kappa shape index (κ3) is 4.41. The molecule has 0 spiro atoms. The molecule has 0 saturated carbocycles. The maximum atomic E-state index is 8.45. The maximum Gasteiger partial charge on any atom is 0.0540 e. The average molecular weight is 174 g/mol. The molecule has 0 bridgehead atoms. The second-order valence-corrected chi connectivity index (χ2v) is 3.00. The predicted molar refractivity (Wildman–Crippen MR) is 53.8 cm³/mol. The molecule has 0 atom stereocenters. The van der Waals surface area contributed by atoms with Crippen LogP contribution in [-0.2, 0) is 0 Å². The van der Waals surface area contributed by atoms with Crippen LogP contribution in [0.5, 0.6) is 0 Å². The van der Waals surface area contributed by atoms with Crippen LogP contribution in [0.3, 0.4) is 0 Å². The van der Waals surface area contributed by atoms with Gasteiger partial charge in [-0.1, -0.05) is 17.9 Å². The number of aliphatic hydroxyl groups excluding tert-OH is 1. The van der Waals surface area contributed by atoms with Gasteiger partial charge in [0.1, 0.15) is 0 Å². The molecule has 0 fully saturated rings. The van der Waals surface area contributed by atoms with Gasteiger partial charge in [-0.05, 0) is 43.1 Å². The highest BCUT2D eigenvalue weighted by Crippen LogP contribution is 2.15. The fourth-order valence-electron chi connectivity index (χ4n) is 1.23. The number of aliphatic hydroxyl groups is 1. The molecule has 68 valence electrons. The van der Waals surface area contributed by atoms with E-state index in [4.69, 9.17) is 5.11 Å². The van der Waals surface area contributed by atoms with Crippen molar-refractivity contribution in [2.24, 2.45) is 0 Å². The van der Waals surface area contributed by atoms with E-state index in [1.165, 1.54) is 18.4 Å². The first-order valence-electron chi connectivity index (χ1n) is 4.72. The summed E-state index contributed by atoms with van der Waals surface area (Å²) < 4.78 is 0. The Bertz CT molecular complexity index is 291. The van der Waals surface area contributed by atoms with Crippen LogP contribution in [0.4, 0.5) is 0 Å². The maximum absolute atomic E-state index is 8.45. The van der Waals surface area contributed by atoms with Crippen LogP contribution in [0.25, 0.3) is 0 Å². The van der Waals surface area contributed by atoms with Gasteiger partial charge in [0, 0.05) is 6.42 Å². The third-order valence-electron chi connectivity index (χ3n) is 1.90. The molecule has 1 aliphatic carbocycles. The zero-order chi connectivity index (χ0) is 9.36. The molecule has 0 saturated heterocycles. The van der Waals surface area contributed by atoms with E-state index in [1.807, 2.05) is 0 Å². The topological polar surface area (TPSA) is 20.2 Å². The van der Waals surface area contributed by atoms with E-state index in [-0.39, 0.29) is 6.61 Å². The fourth-order valence-corrected chi connectivity index (χ4v) is 1.23. The second-order valence-electron chi connectivity index (χ2n) is 3.00. The molecule has 0 amide bonds. The summed E-state index contributed by atoms with van der Waals surface area (Å²) in [6, 6.07) is 0. The van der Waals surface area contributed by atoms with Crippen molar-refractivity contribution < 1.29 is 5.11 Å². The molecule has 0 heterocycles. The molecule has 1 nitrogen and oxygen atoms in total. The van der Waals surface area contributed by atoms with Crippen LogP contribution in [0.1, 0.15) is 32.1 Å². The first-order chi connectivity index (χ1) is 6.43. The van der Waals surface area contributed by atoms with E-state index in [0.717, 1.165) is 12.8 Å². The Morgan fingerprint density at radius 1 is 1.31 bits per heavy atom. The minimum atomic E-state index is 0.122. The summed E-state index contributed by atoms with van der Waals surface area (Å²) in [5.74, 6) is 11.3. The monoisotopic (exact) mass is 174 g/mol. The highest BCUT2D eigenvalue weighted by atomic mass is 16.2. The summed E-state index contributed by atoms with van der Waals surface area (Å²) in [6.07, 6.45) is 7.53. The molecular formula is C12H14O. The van der Waals surface area contributed by atoms with Gasteiger partial charge in [-0.3, -0.25) is 0 Å². The minimum Gasteiger partial charge on any atom is -0.395 e. The Morgan fingerprint density at radius 3 is 2.92 bits per heavy atom. The summed E-state index contributed by atoms with van der Waals surface area (Å²) in [5, 5.41) is 8.45. The van der Waals surface area contributed by atoms with Gasteiger partial charge < -0.3 is 5.11 Å². The van der Waals surface area contributed by atoms with Crippen LogP contribution in [0.2, 0.25) is 0 Å². The van der Waals surface area contributed by atoms with Crippen molar-refractivity contribution in [2.75, 3.05) is 6.61 Å². The first-order valence-corrected chi connectivity index (χ1v) is 4.72. The molecule has 0 aromatic heterocycles. The zero-order valence-corrected chi connectivity index (χ0v) is 7.77. The zero-order valence-electron chi connectivity index (χ0n) is 7.77. The second kappa shape index (κ2) is 6.35. The van der Waals surface area contributed by atoms with Crippen LogP contribution in [-0.4, -0.2) is 11.7 Å². The smallest absolute Gasteiger partial charge is 0.0540 e. The highest BCUT2D eigenvalue weighted by Gasteiger charge is 1.98. The minimum absolute atomic E-state index is 0.122. The van der Waals surface area contributed by atoms with E-state index < -0.39 is 0 Å². The van der Waals surface area contributed by atoms with Crippen molar-refractivity contribution >= 4 is 0 Å². The molecule has 0 radical (unpaired) electrons. The molecule has 1 rings (SSSR count). The third-order valence-corrected chi connectivity index (χ3v) is 1.90. The Hall–Kier alpha value is -1.18. The van der Waals surface area contributed by atoms with Crippen LogP contribution in [0.15, 0.2) is 11.6 Å². The average Bonchev–Trinajstić information content (AvgIpc) is 2.19. The molecule has 0 aromatic carbocycles. The predicted octanol–water partition coefficient (Wildman–Crippen LogP) is 1.88. The van der Waals surface area contributed by atoms with Crippen molar-refractivity contribution in [1.82, 2.24) is 0 Å². The number of allylic oxidation sites excluding steroid dienone is 2. The van der Waals surface area contributed by atoms with Crippen LogP contribution < -0.4 is 0 Å². The Morgan fingerprint density at radius 2 is 2.23 bits per heavy atom. The molecule has 1 N–H and O–H groups in total. The van der Waals surface area contributed by atoms with Gasteiger partial charge >= 0.3 is 0 Å². The van der Waals surface area contributed by atoms with Crippen molar-refractivity contribution in [3.05, 3.63) is 11.6 Å².